The van der Waals surface area contributed by atoms with Crippen LogP contribution in [-0.2, 0) is 21.2 Å². The number of guanidine groups is 1. The molecule has 1 unspecified atom stereocenters. The van der Waals surface area contributed by atoms with Gasteiger partial charge in [-0.3, -0.25) is 4.79 Å². The van der Waals surface area contributed by atoms with Crippen molar-refractivity contribution in [3.05, 3.63) is 35.9 Å². The zero-order chi connectivity index (χ0) is 18.3. The van der Waals surface area contributed by atoms with Crippen LogP contribution in [-0.4, -0.2) is 63.4 Å². The van der Waals surface area contributed by atoms with Crippen molar-refractivity contribution in [1.29, 1.82) is 0 Å². The molecule has 1 fully saturated rings. The van der Waals surface area contributed by atoms with Crippen LogP contribution < -0.4 is 10.6 Å². The molecule has 0 aromatic heterocycles. The summed E-state index contributed by atoms with van der Waals surface area (Å²) in [4.78, 5) is 18.3. The molecule has 1 heterocycles. The van der Waals surface area contributed by atoms with Crippen molar-refractivity contribution in [3.63, 3.8) is 0 Å². The van der Waals surface area contributed by atoms with E-state index in [4.69, 9.17) is 0 Å². The molecule has 26 heavy (non-hydrogen) atoms. The van der Waals surface area contributed by atoms with Gasteiger partial charge in [0.15, 0.2) is 15.8 Å². The number of carbonyl (C=O) groups is 1. The van der Waals surface area contributed by atoms with Crippen molar-refractivity contribution in [3.8, 4) is 0 Å². The Bertz CT molecular complexity index is 708. The standard InChI is InChI=1S/C17H26N4O3S.HI/c1-21(2)17(19-12-14-6-4-3-5-7-14)18-10-8-16(22)20-15-9-11-25(23,24)13-15;/h3-7,15H,8-13H2,1-2H3,(H,18,19)(H,20,22);1H. The molecule has 2 N–H and O–H groups in total. The maximum absolute atomic E-state index is 11.9. The van der Waals surface area contributed by atoms with Crippen LogP contribution in [0, 0.1) is 0 Å². The molecule has 7 nitrogen and oxygen atoms in total. The summed E-state index contributed by atoms with van der Waals surface area (Å²) < 4.78 is 22.8. The number of benzene rings is 1. The van der Waals surface area contributed by atoms with Gasteiger partial charge < -0.3 is 15.5 Å². The average Bonchev–Trinajstić information content (AvgIpc) is 2.89. The van der Waals surface area contributed by atoms with Gasteiger partial charge in [0.1, 0.15) is 0 Å². The van der Waals surface area contributed by atoms with Crippen LogP contribution in [0.5, 0.6) is 0 Å². The van der Waals surface area contributed by atoms with Crippen molar-refractivity contribution >= 4 is 45.7 Å². The lowest BCUT2D eigenvalue weighted by Gasteiger charge is -2.18. The second kappa shape index (κ2) is 10.7. The minimum atomic E-state index is -2.98. The second-order valence-corrected chi connectivity index (χ2v) is 8.59. The maximum Gasteiger partial charge on any atom is 0.222 e. The van der Waals surface area contributed by atoms with E-state index in [-0.39, 0.29) is 53.9 Å². The van der Waals surface area contributed by atoms with Crippen molar-refractivity contribution in [2.45, 2.75) is 25.4 Å². The monoisotopic (exact) mass is 494 g/mol. The number of nitrogens with zero attached hydrogens (tertiary/aromatic N) is 2. The van der Waals surface area contributed by atoms with E-state index >= 15 is 0 Å². The Kier molecular flexibility index (Phi) is 9.34. The van der Waals surface area contributed by atoms with E-state index in [1.54, 1.807) is 0 Å². The molecule has 1 saturated heterocycles. The van der Waals surface area contributed by atoms with E-state index in [1.165, 1.54) is 0 Å². The Morgan fingerprint density at radius 3 is 2.54 bits per heavy atom. The van der Waals surface area contributed by atoms with Crippen LogP contribution in [0.15, 0.2) is 35.3 Å². The summed E-state index contributed by atoms with van der Waals surface area (Å²) in [5, 5.41) is 5.94. The van der Waals surface area contributed by atoms with Crippen molar-refractivity contribution < 1.29 is 13.2 Å². The number of carbonyl (C=O) groups excluding carboxylic acids is 1. The molecule has 1 atom stereocenters. The number of rotatable bonds is 6. The topological polar surface area (TPSA) is 90.9 Å². The molecule has 1 aromatic rings. The van der Waals surface area contributed by atoms with Gasteiger partial charge in [0.25, 0.3) is 0 Å². The summed E-state index contributed by atoms with van der Waals surface area (Å²) >= 11 is 0. The second-order valence-electron chi connectivity index (χ2n) is 6.36. The van der Waals surface area contributed by atoms with Crippen molar-refractivity contribution in [2.24, 2.45) is 4.99 Å². The first kappa shape index (κ1) is 22.7. The fourth-order valence-electron chi connectivity index (χ4n) is 2.60. The van der Waals surface area contributed by atoms with Crippen LogP contribution in [0.25, 0.3) is 0 Å². The average molecular weight is 494 g/mol. The quantitative estimate of drug-likeness (QED) is 0.350. The molecule has 0 radical (unpaired) electrons. The lowest BCUT2D eigenvalue weighted by molar-refractivity contribution is -0.121. The smallest absolute Gasteiger partial charge is 0.222 e. The third-order valence-corrected chi connectivity index (χ3v) is 5.68. The summed E-state index contributed by atoms with van der Waals surface area (Å²) in [5.74, 6) is 0.775. The third kappa shape index (κ3) is 7.90. The molecule has 9 heteroatoms. The number of amides is 1. The SMILES string of the molecule is CN(C)C(=NCc1ccccc1)NCCC(=O)NC1CCS(=O)(=O)C1.I. The van der Waals surface area contributed by atoms with E-state index < -0.39 is 9.84 Å². The van der Waals surface area contributed by atoms with Crippen molar-refractivity contribution in [1.82, 2.24) is 15.5 Å². The van der Waals surface area contributed by atoms with E-state index in [2.05, 4.69) is 15.6 Å². The molecule has 146 valence electrons. The summed E-state index contributed by atoms with van der Waals surface area (Å²) in [6.45, 7) is 1.00. The van der Waals surface area contributed by atoms with Crippen LogP contribution in [0.4, 0.5) is 0 Å². The van der Waals surface area contributed by atoms with E-state index in [1.807, 2.05) is 49.3 Å². The van der Waals surface area contributed by atoms with Gasteiger partial charge in [-0.2, -0.15) is 0 Å². The lowest BCUT2D eigenvalue weighted by atomic mass is 10.2. The summed E-state index contributed by atoms with van der Waals surface area (Å²) in [5.41, 5.74) is 1.11. The number of hydrogen-bond acceptors (Lipinski definition) is 4. The number of halogens is 1. The van der Waals surface area contributed by atoms with Gasteiger partial charge in [0.05, 0.1) is 18.1 Å². The van der Waals surface area contributed by atoms with Gasteiger partial charge in [-0.1, -0.05) is 30.3 Å². The molecule has 0 spiro atoms. The molecule has 0 saturated carbocycles. The highest BCUT2D eigenvalue weighted by Crippen LogP contribution is 2.11. The third-order valence-electron chi connectivity index (χ3n) is 3.91. The zero-order valence-electron chi connectivity index (χ0n) is 15.1. The number of hydrogen-bond donors (Lipinski definition) is 2. The van der Waals surface area contributed by atoms with Crippen LogP contribution in [0.3, 0.4) is 0 Å². The highest BCUT2D eigenvalue weighted by Gasteiger charge is 2.28. The Hall–Kier alpha value is -1.36. The predicted octanol–water partition coefficient (Wildman–Crippen LogP) is 1.01. The summed E-state index contributed by atoms with van der Waals surface area (Å²) in [6.07, 6.45) is 0.776. The Balaban J connectivity index is 0.00000338. The van der Waals surface area contributed by atoms with Crippen LogP contribution in [0.2, 0.25) is 0 Å². The van der Waals surface area contributed by atoms with Gasteiger partial charge in [-0.25, -0.2) is 13.4 Å². The normalized spacial score (nSPS) is 18.7. The number of nitrogens with one attached hydrogen (secondary N) is 2. The lowest BCUT2D eigenvalue weighted by Crippen LogP contribution is -2.40. The van der Waals surface area contributed by atoms with Gasteiger partial charge in [-0.05, 0) is 12.0 Å². The Labute approximate surface area is 172 Å². The minimum absolute atomic E-state index is 0. The zero-order valence-corrected chi connectivity index (χ0v) is 18.3. The van der Waals surface area contributed by atoms with Crippen molar-refractivity contribution in [2.75, 3.05) is 32.1 Å². The molecular weight excluding hydrogens is 467 g/mol. The summed E-state index contributed by atoms with van der Waals surface area (Å²) in [7, 11) is 0.802. The first-order chi connectivity index (χ1) is 11.9. The first-order valence-electron chi connectivity index (χ1n) is 8.35. The van der Waals surface area contributed by atoms with Gasteiger partial charge >= 0.3 is 0 Å². The molecule has 2 rings (SSSR count). The molecule has 0 bridgehead atoms. The van der Waals surface area contributed by atoms with Gasteiger partial charge in [-0.15, -0.1) is 24.0 Å². The number of sulfone groups is 1. The Morgan fingerprint density at radius 2 is 1.96 bits per heavy atom. The predicted molar refractivity (Wildman–Crippen MR) is 115 cm³/mol. The molecule has 1 aliphatic heterocycles. The highest BCUT2D eigenvalue weighted by atomic mass is 127. The van der Waals surface area contributed by atoms with E-state index in [0.717, 1.165) is 5.56 Å². The van der Waals surface area contributed by atoms with Crippen LogP contribution >= 0.6 is 24.0 Å². The van der Waals surface area contributed by atoms with Gasteiger partial charge in [0, 0.05) is 33.1 Å². The fraction of sp³-hybridized carbons (Fsp3) is 0.529. The minimum Gasteiger partial charge on any atom is -0.356 e. The Morgan fingerprint density at radius 1 is 1.27 bits per heavy atom. The molecular formula is C17H27IN4O3S. The largest absolute Gasteiger partial charge is 0.356 e. The molecule has 0 aliphatic carbocycles. The molecule has 1 aliphatic rings. The van der Waals surface area contributed by atoms with Gasteiger partial charge in [0.2, 0.25) is 5.91 Å². The van der Waals surface area contributed by atoms with E-state index in [9.17, 15) is 13.2 Å². The molecule has 1 aromatic carbocycles. The van der Waals surface area contributed by atoms with Crippen LogP contribution in [0.1, 0.15) is 18.4 Å². The van der Waals surface area contributed by atoms with E-state index in [0.29, 0.717) is 25.5 Å². The number of aliphatic imine (C=N–C) groups is 1. The molecule has 1 amide bonds. The highest BCUT2D eigenvalue weighted by molar-refractivity contribution is 14.0. The maximum atomic E-state index is 11.9. The summed E-state index contributed by atoms with van der Waals surface area (Å²) in [6, 6.07) is 9.69. The first-order valence-corrected chi connectivity index (χ1v) is 10.2. The fourth-order valence-corrected chi connectivity index (χ4v) is 4.27.